The smallest absolute Gasteiger partial charge is 0.232 e. The SMILES string of the molecule is NC(=S)C(Cc1ccccc1)C(=O)N1CCCC1. The minimum Gasteiger partial charge on any atom is -0.393 e. The Morgan fingerprint density at radius 3 is 2.44 bits per heavy atom. The molecular formula is C14H18N2OS. The Labute approximate surface area is 113 Å². The summed E-state index contributed by atoms with van der Waals surface area (Å²) in [5, 5.41) is 0. The zero-order valence-corrected chi connectivity index (χ0v) is 11.2. The van der Waals surface area contributed by atoms with Gasteiger partial charge in [-0.3, -0.25) is 4.79 Å². The monoisotopic (exact) mass is 262 g/mol. The van der Waals surface area contributed by atoms with Crippen LogP contribution in [0.15, 0.2) is 30.3 Å². The van der Waals surface area contributed by atoms with E-state index in [2.05, 4.69) is 0 Å². The second kappa shape index (κ2) is 5.96. The lowest BCUT2D eigenvalue weighted by Gasteiger charge is -2.22. The quantitative estimate of drug-likeness (QED) is 0.841. The fourth-order valence-electron chi connectivity index (χ4n) is 2.32. The van der Waals surface area contributed by atoms with Gasteiger partial charge in [0.1, 0.15) is 0 Å². The van der Waals surface area contributed by atoms with Crippen LogP contribution in [0.25, 0.3) is 0 Å². The Balaban J connectivity index is 2.08. The maximum absolute atomic E-state index is 12.3. The van der Waals surface area contributed by atoms with Crippen LogP contribution in [0.5, 0.6) is 0 Å². The van der Waals surface area contributed by atoms with Crippen LogP contribution in [-0.2, 0) is 11.2 Å². The van der Waals surface area contributed by atoms with E-state index in [1.54, 1.807) is 0 Å². The number of rotatable bonds is 4. The third-order valence-corrected chi connectivity index (χ3v) is 3.63. The van der Waals surface area contributed by atoms with E-state index in [0.29, 0.717) is 11.4 Å². The molecule has 1 aliphatic heterocycles. The molecule has 1 amide bonds. The number of carbonyl (C=O) groups excluding carboxylic acids is 1. The second-order valence-electron chi connectivity index (χ2n) is 4.68. The summed E-state index contributed by atoms with van der Waals surface area (Å²) in [6.45, 7) is 1.68. The first-order valence-electron chi connectivity index (χ1n) is 6.30. The van der Waals surface area contributed by atoms with E-state index in [9.17, 15) is 4.79 Å². The fraction of sp³-hybridized carbons (Fsp3) is 0.429. The lowest BCUT2D eigenvalue weighted by atomic mass is 9.98. The summed E-state index contributed by atoms with van der Waals surface area (Å²) in [6, 6.07) is 9.89. The summed E-state index contributed by atoms with van der Waals surface area (Å²) < 4.78 is 0. The van der Waals surface area contributed by atoms with Crippen molar-refractivity contribution in [3.63, 3.8) is 0 Å². The van der Waals surface area contributed by atoms with E-state index < -0.39 is 0 Å². The molecule has 1 heterocycles. The third-order valence-electron chi connectivity index (χ3n) is 3.34. The van der Waals surface area contributed by atoms with Crippen molar-refractivity contribution in [2.75, 3.05) is 13.1 Å². The highest BCUT2D eigenvalue weighted by atomic mass is 32.1. The molecule has 0 bridgehead atoms. The van der Waals surface area contributed by atoms with Crippen molar-refractivity contribution in [1.82, 2.24) is 4.90 Å². The van der Waals surface area contributed by atoms with Crippen molar-refractivity contribution in [3.05, 3.63) is 35.9 Å². The van der Waals surface area contributed by atoms with Gasteiger partial charge in [-0.15, -0.1) is 0 Å². The fourth-order valence-corrected chi connectivity index (χ4v) is 2.50. The zero-order chi connectivity index (χ0) is 13.0. The maximum atomic E-state index is 12.3. The number of amides is 1. The zero-order valence-electron chi connectivity index (χ0n) is 10.3. The van der Waals surface area contributed by atoms with E-state index in [0.717, 1.165) is 31.5 Å². The van der Waals surface area contributed by atoms with Crippen LogP contribution in [0.4, 0.5) is 0 Å². The van der Waals surface area contributed by atoms with Crippen LogP contribution >= 0.6 is 12.2 Å². The lowest BCUT2D eigenvalue weighted by molar-refractivity contribution is -0.132. The molecule has 1 unspecified atom stereocenters. The molecule has 0 aliphatic carbocycles. The number of likely N-dealkylation sites (tertiary alicyclic amines) is 1. The first-order chi connectivity index (χ1) is 8.68. The highest BCUT2D eigenvalue weighted by Crippen LogP contribution is 2.16. The number of hydrogen-bond donors (Lipinski definition) is 1. The number of carbonyl (C=O) groups is 1. The summed E-state index contributed by atoms with van der Waals surface area (Å²) in [5.74, 6) is -0.274. The van der Waals surface area contributed by atoms with Crippen LogP contribution in [0.1, 0.15) is 18.4 Å². The van der Waals surface area contributed by atoms with Gasteiger partial charge < -0.3 is 10.6 Å². The lowest BCUT2D eigenvalue weighted by Crippen LogP contribution is -2.40. The van der Waals surface area contributed by atoms with Gasteiger partial charge in [0.2, 0.25) is 5.91 Å². The molecule has 2 N–H and O–H groups in total. The molecule has 1 fully saturated rings. The van der Waals surface area contributed by atoms with Gasteiger partial charge in [0.25, 0.3) is 0 Å². The predicted octanol–water partition coefficient (Wildman–Crippen LogP) is 1.75. The second-order valence-corrected chi connectivity index (χ2v) is 5.15. The molecule has 1 aliphatic rings. The number of hydrogen-bond acceptors (Lipinski definition) is 2. The molecule has 1 aromatic carbocycles. The van der Waals surface area contributed by atoms with Gasteiger partial charge in [0.05, 0.1) is 10.9 Å². The van der Waals surface area contributed by atoms with Crippen LogP contribution in [0.3, 0.4) is 0 Å². The van der Waals surface area contributed by atoms with E-state index in [-0.39, 0.29) is 11.8 Å². The third kappa shape index (κ3) is 3.07. The molecule has 1 saturated heterocycles. The van der Waals surface area contributed by atoms with Crippen molar-refractivity contribution in [2.24, 2.45) is 11.7 Å². The molecule has 4 heteroatoms. The Hall–Kier alpha value is -1.42. The Morgan fingerprint density at radius 2 is 1.89 bits per heavy atom. The van der Waals surface area contributed by atoms with Crippen molar-refractivity contribution < 1.29 is 4.79 Å². The summed E-state index contributed by atoms with van der Waals surface area (Å²) in [4.78, 5) is 14.5. The molecule has 18 heavy (non-hydrogen) atoms. The average Bonchev–Trinajstić information content (AvgIpc) is 2.90. The van der Waals surface area contributed by atoms with Crippen molar-refractivity contribution in [1.29, 1.82) is 0 Å². The Bertz CT molecular complexity index is 427. The van der Waals surface area contributed by atoms with Crippen LogP contribution in [0.2, 0.25) is 0 Å². The van der Waals surface area contributed by atoms with Crippen LogP contribution < -0.4 is 5.73 Å². The number of nitrogens with zero attached hydrogens (tertiary/aromatic N) is 1. The topological polar surface area (TPSA) is 46.3 Å². The number of benzene rings is 1. The molecular weight excluding hydrogens is 244 g/mol. The van der Waals surface area contributed by atoms with E-state index >= 15 is 0 Å². The van der Waals surface area contributed by atoms with Crippen LogP contribution in [-0.4, -0.2) is 28.9 Å². The molecule has 2 rings (SSSR count). The summed E-state index contributed by atoms with van der Waals surface area (Å²) >= 11 is 5.06. The molecule has 0 spiro atoms. The van der Waals surface area contributed by atoms with Gasteiger partial charge in [-0.1, -0.05) is 42.5 Å². The van der Waals surface area contributed by atoms with E-state index in [1.807, 2.05) is 35.2 Å². The normalized spacial score (nSPS) is 16.6. The summed E-state index contributed by atoms with van der Waals surface area (Å²) in [7, 11) is 0. The van der Waals surface area contributed by atoms with Gasteiger partial charge in [-0.2, -0.15) is 0 Å². The predicted molar refractivity (Wildman–Crippen MR) is 76.2 cm³/mol. The minimum atomic E-state index is -0.361. The highest BCUT2D eigenvalue weighted by molar-refractivity contribution is 7.80. The van der Waals surface area contributed by atoms with Crippen molar-refractivity contribution in [2.45, 2.75) is 19.3 Å². The molecule has 0 aromatic heterocycles. The van der Waals surface area contributed by atoms with Gasteiger partial charge in [-0.25, -0.2) is 0 Å². The molecule has 0 radical (unpaired) electrons. The Morgan fingerprint density at radius 1 is 1.28 bits per heavy atom. The van der Waals surface area contributed by atoms with Crippen molar-refractivity contribution >= 4 is 23.1 Å². The molecule has 1 atom stereocenters. The van der Waals surface area contributed by atoms with Crippen LogP contribution in [0, 0.1) is 5.92 Å². The molecule has 96 valence electrons. The standard InChI is InChI=1S/C14H18N2OS/c15-13(18)12(10-11-6-2-1-3-7-11)14(17)16-8-4-5-9-16/h1-3,6-7,12H,4-5,8-10H2,(H2,15,18). The average molecular weight is 262 g/mol. The first kappa shape index (κ1) is 13.0. The van der Waals surface area contributed by atoms with E-state index in [4.69, 9.17) is 18.0 Å². The maximum Gasteiger partial charge on any atom is 0.232 e. The first-order valence-corrected chi connectivity index (χ1v) is 6.71. The Kier molecular flexibility index (Phi) is 4.31. The molecule has 0 saturated carbocycles. The number of nitrogens with two attached hydrogens (primary N) is 1. The summed E-state index contributed by atoms with van der Waals surface area (Å²) in [6.07, 6.45) is 2.77. The van der Waals surface area contributed by atoms with Gasteiger partial charge in [-0.05, 0) is 24.8 Å². The van der Waals surface area contributed by atoms with Crippen molar-refractivity contribution in [3.8, 4) is 0 Å². The van der Waals surface area contributed by atoms with Gasteiger partial charge in [0, 0.05) is 13.1 Å². The van der Waals surface area contributed by atoms with Gasteiger partial charge >= 0.3 is 0 Å². The van der Waals surface area contributed by atoms with E-state index in [1.165, 1.54) is 0 Å². The molecule has 3 nitrogen and oxygen atoms in total. The van der Waals surface area contributed by atoms with Gasteiger partial charge in [0.15, 0.2) is 0 Å². The minimum absolute atomic E-state index is 0.0869. The largest absolute Gasteiger partial charge is 0.393 e. The molecule has 1 aromatic rings. The number of thiocarbonyl (C=S) groups is 1. The highest BCUT2D eigenvalue weighted by Gasteiger charge is 2.28. The summed E-state index contributed by atoms with van der Waals surface area (Å²) in [5.41, 5.74) is 6.84.